The minimum absolute atomic E-state index is 0.0442. The van der Waals surface area contributed by atoms with Crippen LogP contribution in [0.2, 0.25) is 0 Å². The molecule has 4 heteroatoms. The van der Waals surface area contributed by atoms with Crippen LogP contribution in [0.25, 0.3) is 11.3 Å². The van der Waals surface area contributed by atoms with Crippen LogP contribution in [0, 0.1) is 26.7 Å². The Kier molecular flexibility index (Phi) is 5.19. The number of hydrogen-bond donors (Lipinski definition) is 1. The summed E-state index contributed by atoms with van der Waals surface area (Å²) in [5.74, 6) is -0.112. The zero-order valence-electron chi connectivity index (χ0n) is 15.4. The van der Waals surface area contributed by atoms with Gasteiger partial charge in [0.2, 0.25) is 5.91 Å². The molecule has 1 aromatic carbocycles. The van der Waals surface area contributed by atoms with E-state index in [-0.39, 0.29) is 11.8 Å². The number of amides is 1. The number of pyridine rings is 1. The first-order valence-electron chi connectivity index (χ1n) is 8.99. The number of aryl methyl sites for hydroxylation is 2. The van der Waals surface area contributed by atoms with Crippen LogP contribution < -0.4 is 5.73 Å². The molecule has 2 heterocycles. The maximum atomic E-state index is 11.3. The lowest BCUT2D eigenvalue weighted by Gasteiger charge is -2.30. The third-order valence-electron chi connectivity index (χ3n) is 5.44. The highest BCUT2D eigenvalue weighted by Gasteiger charge is 2.23. The van der Waals surface area contributed by atoms with Gasteiger partial charge < -0.3 is 5.73 Å². The molecule has 2 N–H and O–H groups in total. The molecule has 1 amide bonds. The first-order valence-corrected chi connectivity index (χ1v) is 8.99. The summed E-state index contributed by atoms with van der Waals surface area (Å²) in [5, 5.41) is 0. The van der Waals surface area contributed by atoms with Crippen molar-refractivity contribution in [2.24, 2.45) is 11.7 Å². The minimum Gasteiger partial charge on any atom is -0.369 e. The molecule has 0 spiro atoms. The average Bonchev–Trinajstić information content (AvgIpc) is 2.60. The fraction of sp³-hybridized carbons (Fsp3) is 0.429. The predicted molar refractivity (Wildman–Crippen MR) is 101 cm³/mol. The highest BCUT2D eigenvalue weighted by molar-refractivity contribution is 5.76. The van der Waals surface area contributed by atoms with Crippen molar-refractivity contribution in [3.8, 4) is 11.3 Å². The summed E-state index contributed by atoms with van der Waals surface area (Å²) >= 11 is 0. The van der Waals surface area contributed by atoms with Crippen LogP contribution >= 0.6 is 0 Å². The summed E-state index contributed by atoms with van der Waals surface area (Å²) in [6.07, 6.45) is 3.62. The van der Waals surface area contributed by atoms with E-state index in [2.05, 4.69) is 54.9 Å². The molecule has 3 rings (SSSR count). The van der Waals surface area contributed by atoms with Gasteiger partial charge in [-0.1, -0.05) is 0 Å². The highest BCUT2D eigenvalue weighted by atomic mass is 16.1. The van der Waals surface area contributed by atoms with Gasteiger partial charge in [0.15, 0.2) is 0 Å². The summed E-state index contributed by atoms with van der Waals surface area (Å²) in [5.41, 5.74) is 12.8. The van der Waals surface area contributed by atoms with Gasteiger partial charge in [-0.3, -0.25) is 14.7 Å². The average molecular weight is 337 g/mol. The lowest BCUT2D eigenvalue weighted by molar-refractivity contribution is -0.123. The number of primary amides is 1. The molecule has 132 valence electrons. The van der Waals surface area contributed by atoms with E-state index < -0.39 is 0 Å². The standard InChI is InChI=1S/C21H27N3O/c1-14-10-19(11-15(2)16(14)3)20-12-17(4-7-23-20)13-24-8-5-18(6-9-24)21(22)25/h4,7,10-12,18H,5-6,8-9,13H2,1-3H3,(H2,22,25). The van der Waals surface area contributed by atoms with Gasteiger partial charge in [0, 0.05) is 24.2 Å². The van der Waals surface area contributed by atoms with Crippen molar-refractivity contribution < 1.29 is 4.79 Å². The quantitative estimate of drug-likeness (QED) is 0.930. The van der Waals surface area contributed by atoms with Crippen LogP contribution in [0.3, 0.4) is 0 Å². The van der Waals surface area contributed by atoms with E-state index in [0.29, 0.717) is 0 Å². The summed E-state index contributed by atoms with van der Waals surface area (Å²) < 4.78 is 0. The summed E-state index contributed by atoms with van der Waals surface area (Å²) in [7, 11) is 0. The van der Waals surface area contributed by atoms with Gasteiger partial charge >= 0.3 is 0 Å². The van der Waals surface area contributed by atoms with Crippen molar-refractivity contribution in [1.29, 1.82) is 0 Å². The molecule has 1 saturated heterocycles. The molecule has 2 aromatic rings. The molecule has 1 fully saturated rings. The number of benzene rings is 1. The number of carbonyl (C=O) groups is 1. The molecule has 1 aliphatic heterocycles. The molecular formula is C21H27N3O. The highest BCUT2D eigenvalue weighted by Crippen LogP contribution is 2.25. The lowest BCUT2D eigenvalue weighted by Crippen LogP contribution is -2.38. The number of aromatic nitrogens is 1. The van der Waals surface area contributed by atoms with Gasteiger partial charge in [-0.15, -0.1) is 0 Å². The van der Waals surface area contributed by atoms with Crippen LogP contribution in [0.5, 0.6) is 0 Å². The molecule has 0 aliphatic carbocycles. The van der Waals surface area contributed by atoms with Gasteiger partial charge in [0.05, 0.1) is 5.69 Å². The monoisotopic (exact) mass is 337 g/mol. The summed E-state index contributed by atoms with van der Waals surface area (Å²) in [4.78, 5) is 18.3. The topological polar surface area (TPSA) is 59.2 Å². The second kappa shape index (κ2) is 7.36. The van der Waals surface area contributed by atoms with Gasteiger partial charge in [-0.05, 0) is 93.2 Å². The maximum absolute atomic E-state index is 11.3. The second-order valence-electron chi connectivity index (χ2n) is 7.24. The molecular weight excluding hydrogens is 310 g/mol. The number of hydrogen-bond acceptors (Lipinski definition) is 3. The minimum atomic E-state index is -0.157. The van der Waals surface area contributed by atoms with Crippen molar-refractivity contribution in [2.45, 2.75) is 40.2 Å². The Labute approximate surface area is 150 Å². The molecule has 0 saturated carbocycles. The van der Waals surface area contributed by atoms with Crippen molar-refractivity contribution >= 4 is 5.91 Å². The number of likely N-dealkylation sites (tertiary alicyclic amines) is 1. The van der Waals surface area contributed by atoms with Crippen molar-refractivity contribution in [1.82, 2.24) is 9.88 Å². The molecule has 25 heavy (non-hydrogen) atoms. The van der Waals surface area contributed by atoms with Crippen LogP contribution in [0.15, 0.2) is 30.5 Å². The van der Waals surface area contributed by atoms with Crippen LogP contribution in [-0.4, -0.2) is 28.9 Å². The second-order valence-corrected chi connectivity index (χ2v) is 7.24. The first-order chi connectivity index (χ1) is 11.9. The Balaban J connectivity index is 1.73. The zero-order chi connectivity index (χ0) is 18.0. The third kappa shape index (κ3) is 4.07. The fourth-order valence-corrected chi connectivity index (χ4v) is 3.55. The van der Waals surface area contributed by atoms with Gasteiger partial charge in [0.1, 0.15) is 0 Å². The lowest BCUT2D eigenvalue weighted by atomic mass is 9.95. The molecule has 0 bridgehead atoms. The third-order valence-corrected chi connectivity index (χ3v) is 5.44. The van der Waals surface area contributed by atoms with Gasteiger partial charge in [-0.25, -0.2) is 0 Å². The molecule has 0 radical (unpaired) electrons. The van der Waals surface area contributed by atoms with E-state index in [9.17, 15) is 4.79 Å². The van der Waals surface area contributed by atoms with E-state index in [1.165, 1.54) is 27.8 Å². The normalized spacial score (nSPS) is 16.1. The number of nitrogens with two attached hydrogens (primary N) is 1. The first kappa shape index (κ1) is 17.6. The number of nitrogens with zero attached hydrogens (tertiary/aromatic N) is 2. The van der Waals surface area contributed by atoms with E-state index in [1.807, 2.05) is 6.20 Å². The summed E-state index contributed by atoms with van der Waals surface area (Å²) in [6, 6.07) is 8.70. The Morgan fingerprint density at radius 2 is 1.80 bits per heavy atom. The van der Waals surface area contributed by atoms with E-state index >= 15 is 0 Å². The number of rotatable bonds is 4. The van der Waals surface area contributed by atoms with E-state index in [0.717, 1.165) is 38.2 Å². The van der Waals surface area contributed by atoms with Crippen molar-refractivity contribution in [3.05, 3.63) is 52.7 Å². The smallest absolute Gasteiger partial charge is 0.220 e. The number of carbonyl (C=O) groups excluding carboxylic acids is 1. The van der Waals surface area contributed by atoms with Crippen LogP contribution in [-0.2, 0) is 11.3 Å². The molecule has 4 nitrogen and oxygen atoms in total. The zero-order valence-corrected chi connectivity index (χ0v) is 15.4. The van der Waals surface area contributed by atoms with E-state index in [1.54, 1.807) is 0 Å². The fourth-order valence-electron chi connectivity index (χ4n) is 3.55. The largest absolute Gasteiger partial charge is 0.369 e. The Morgan fingerprint density at radius 1 is 1.16 bits per heavy atom. The van der Waals surface area contributed by atoms with Crippen LogP contribution in [0.4, 0.5) is 0 Å². The maximum Gasteiger partial charge on any atom is 0.220 e. The van der Waals surface area contributed by atoms with Crippen molar-refractivity contribution in [2.75, 3.05) is 13.1 Å². The Bertz CT molecular complexity index is 753. The predicted octanol–water partition coefficient (Wildman–Crippen LogP) is 3.37. The van der Waals surface area contributed by atoms with Crippen molar-refractivity contribution in [3.63, 3.8) is 0 Å². The van der Waals surface area contributed by atoms with Crippen LogP contribution in [0.1, 0.15) is 35.1 Å². The summed E-state index contributed by atoms with van der Waals surface area (Å²) in [6.45, 7) is 9.21. The molecule has 1 aliphatic rings. The van der Waals surface area contributed by atoms with Gasteiger partial charge in [0.25, 0.3) is 0 Å². The molecule has 0 atom stereocenters. The molecule has 0 unspecified atom stereocenters. The SMILES string of the molecule is Cc1cc(-c2cc(CN3CCC(C(N)=O)CC3)ccn2)cc(C)c1C. The number of piperidine rings is 1. The Morgan fingerprint density at radius 3 is 2.40 bits per heavy atom. The Hall–Kier alpha value is -2.20. The van der Waals surface area contributed by atoms with Gasteiger partial charge in [-0.2, -0.15) is 0 Å². The molecule has 1 aromatic heterocycles. The van der Waals surface area contributed by atoms with E-state index in [4.69, 9.17) is 5.73 Å².